The Morgan fingerprint density at radius 1 is 1.10 bits per heavy atom. The molecule has 0 spiro atoms. The van der Waals surface area contributed by atoms with E-state index in [2.05, 4.69) is 27.3 Å². The van der Waals surface area contributed by atoms with Crippen LogP contribution in [0.15, 0.2) is 53.4 Å². The topological polar surface area (TPSA) is 46.2 Å². The molecule has 0 amide bonds. The average Bonchev–Trinajstić information content (AvgIpc) is 2.42. The van der Waals surface area contributed by atoms with Crippen molar-refractivity contribution >= 4 is 32.6 Å². The lowest BCUT2D eigenvalue weighted by Crippen LogP contribution is -2.27. The van der Waals surface area contributed by atoms with Crippen molar-refractivity contribution in [2.45, 2.75) is 24.8 Å². The number of halogens is 1. The zero-order chi connectivity index (χ0) is 14.8. The molecule has 1 atom stereocenters. The van der Waals surface area contributed by atoms with Crippen LogP contribution in [0.1, 0.15) is 24.1 Å². The highest BCUT2D eigenvalue weighted by Gasteiger charge is 2.18. The number of hydrogen-bond acceptors (Lipinski definition) is 2. The third-order valence-corrected chi connectivity index (χ3v) is 5.82. The van der Waals surface area contributed by atoms with Gasteiger partial charge in [0.05, 0.1) is 4.90 Å². The molecule has 0 saturated carbocycles. The molecule has 0 unspecified atom stereocenters. The van der Waals surface area contributed by atoms with E-state index in [1.807, 2.05) is 50.2 Å². The fourth-order valence-electron chi connectivity index (χ4n) is 1.89. The second-order valence-corrected chi connectivity index (χ2v) is 7.54. The van der Waals surface area contributed by atoms with Crippen LogP contribution < -0.4 is 4.72 Å². The second-order valence-electron chi connectivity index (χ2n) is 4.66. The van der Waals surface area contributed by atoms with Gasteiger partial charge < -0.3 is 0 Å². The van der Waals surface area contributed by atoms with Gasteiger partial charge in [-0.1, -0.05) is 30.3 Å². The molecule has 0 aliphatic heterocycles. The normalized spacial score (nSPS) is 13.2. The number of nitrogens with one attached hydrogen (secondary N) is 1. The molecule has 2 rings (SSSR count). The maximum absolute atomic E-state index is 12.4. The summed E-state index contributed by atoms with van der Waals surface area (Å²) in [6.45, 7) is 3.74. The average molecular weight is 401 g/mol. The molecular weight excluding hydrogens is 385 g/mol. The minimum atomic E-state index is -3.50. The van der Waals surface area contributed by atoms with Gasteiger partial charge in [-0.2, -0.15) is 0 Å². The Bertz CT molecular complexity index is 699. The Morgan fingerprint density at radius 2 is 1.75 bits per heavy atom. The third kappa shape index (κ3) is 3.59. The van der Waals surface area contributed by atoms with Crippen molar-refractivity contribution in [2.75, 3.05) is 0 Å². The predicted molar refractivity (Wildman–Crippen MR) is 89.1 cm³/mol. The number of hydrogen-bond donors (Lipinski definition) is 1. The van der Waals surface area contributed by atoms with Gasteiger partial charge in [-0.05, 0) is 65.8 Å². The van der Waals surface area contributed by atoms with Crippen LogP contribution >= 0.6 is 22.6 Å². The van der Waals surface area contributed by atoms with Crippen molar-refractivity contribution in [1.29, 1.82) is 0 Å². The van der Waals surface area contributed by atoms with E-state index >= 15 is 0 Å². The molecule has 5 heteroatoms. The zero-order valence-corrected chi connectivity index (χ0v) is 14.3. The fraction of sp³-hybridized carbons (Fsp3) is 0.200. The van der Waals surface area contributed by atoms with Gasteiger partial charge in [0.1, 0.15) is 0 Å². The van der Waals surface area contributed by atoms with Crippen molar-refractivity contribution in [3.05, 3.63) is 63.2 Å². The first-order valence-corrected chi connectivity index (χ1v) is 8.80. The molecule has 20 heavy (non-hydrogen) atoms. The first-order valence-electron chi connectivity index (χ1n) is 6.23. The summed E-state index contributed by atoms with van der Waals surface area (Å²) in [4.78, 5) is 0.304. The van der Waals surface area contributed by atoms with Crippen molar-refractivity contribution < 1.29 is 8.42 Å². The van der Waals surface area contributed by atoms with Gasteiger partial charge >= 0.3 is 0 Å². The van der Waals surface area contributed by atoms with Crippen molar-refractivity contribution in [1.82, 2.24) is 4.72 Å². The predicted octanol–water partition coefficient (Wildman–Crippen LogP) is 3.64. The van der Waals surface area contributed by atoms with E-state index in [0.29, 0.717) is 4.90 Å². The number of aryl methyl sites for hydroxylation is 1. The van der Waals surface area contributed by atoms with Gasteiger partial charge in [-0.15, -0.1) is 0 Å². The van der Waals surface area contributed by atoms with Crippen molar-refractivity contribution in [3.63, 3.8) is 0 Å². The van der Waals surface area contributed by atoms with E-state index in [4.69, 9.17) is 0 Å². The summed E-state index contributed by atoms with van der Waals surface area (Å²) in [5.41, 5.74) is 1.90. The molecule has 0 bridgehead atoms. The van der Waals surface area contributed by atoms with Gasteiger partial charge in [0.2, 0.25) is 10.0 Å². The van der Waals surface area contributed by atoms with Gasteiger partial charge in [-0.3, -0.25) is 0 Å². The second kappa shape index (κ2) is 6.24. The minimum Gasteiger partial charge on any atom is -0.207 e. The SMILES string of the molecule is Cc1cc(S(=O)(=O)N[C@H](C)c2ccccc2)ccc1I. The largest absolute Gasteiger partial charge is 0.241 e. The molecule has 0 saturated heterocycles. The van der Waals surface area contributed by atoms with Gasteiger partial charge in [-0.25, -0.2) is 13.1 Å². The van der Waals surface area contributed by atoms with Crippen LogP contribution in [0.5, 0.6) is 0 Å². The lowest BCUT2D eigenvalue weighted by molar-refractivity contribution is 0.567. The highest BCUT2D eigenvalue weighted by atomic mass is 127. The monoisotopic (exact) mass is 401 g/mol. The summed E-state index contributed by atoms with van der Waals surface area (Å²) in [6, 6.07) is 14.4. The summed E-state index contributed by atoms with van der Waals surface area (Å²) in [7, 11) is -3.50. The maximum Gasteiger partial charge on any atom is 0.241 e. The van der Waals surface area contributed by atoms with Crippen LogP contribution in [0.25, 0.3) is 0 Å². The zero-order valence-electron chi connectivity index (χ0n) is 11.3. The fourth-order valence-corrected chi connectivity index (χ4v) is 3.55. The molecule has 0 fully saturated rings. The summed E-state index contributed by atoms with van der Waals surface area (Å²) < 4.78 is 28.5. The van der Waals surface area contributed by atoms with Crippen LogP contribution in [0.4, 0.5) is 0 Å². The Labute approximate surface area is 133 Å². The van der Waals surface area contributed by atoms with Crippen LogP contribution in [0.2, 0.25) is 0 Å². The summed E-state index contributed by atoms with van der Waals surface area (Å²) in [5, 5.41) is 0. The first-order chi connectivity index (χ1) is 9.40. The molecule has 106 valence electrons. The van der Waals surface area contributed by atoms with Crippen LogP contribution in [-0.2, 0) is 10.0 Å². The molecule has 0 radical (unpaired) electrons. The van der Waals surface area contributed by atoms with Crippen molar-refractivity contribution in [3.8, 4) is 0 Å². The van der Waals surface area contributed by atoms with Gasteiger partial charge in [0.25, 0.3) is 0 Å². The Morgan fingerprint density at radius 3 is 2.35 bits per heavy atom. The Hall–Kier alpha value is -0.920. The summed E-state index contributed by atoms with van der Waals surface area (Å²) >= 11 is 2.19. The van der Waals surface area contributed by atoms with Crippen LogP contribution in [-0.4, -0.2) is 8.42 Å². The summed E-state index contributed by atoms with van der Waals surface area (Å²) in [6.07, 6.45) is 0. The lowest BCUT2D eigenvalue weighted by atomic mass is 10.1. The van der Waals surface area contributed by atoms with Crippen LogP contribution in [0.3, 0.4) is 0 Å². The highest BCUT2D eigenvalue weighted by molar-refractivity contribution is 14.1. The molecule has 1 N–H and O–H groups in total. The standard InChI is InChI=1S/C15H16INO2S/c1-11-10-14(8-9-15(11)16)20(18,19)17-12(2)13-6-4-3-5-7-13/h3-10,12,17H,1-2H3/t12-/m1/s1. The Kier molecular flexibility index (Phi) is 4.82. The number of sulfonamides is 1. The van der Waals surface area contributed by atoms with E-state index in [1.54, 1.807) is 12.1 Å². The minimum absolute atomic E-state index is 0.263. The van der Waals surface area contributed by atoms with E-state index in [1.165, 1.54) is 0 Å². The molecule has 2 aromatic carbocycles. The quantitative estimate of drug-likeness (QED) is 0.796. The van der Waals surface area contributed by atoms with E-state index in [-0.39, 0.29) is 6.04 Å². The number of benzene rings is 2. The van der Waals surface area contributed by atoms with Gasteiger partial charge in [0, 0.05) is 9.61 Å². The molecule has 0 heterocycles. The molecule has 2 aromatic rings. The maximum atomic E-state index is 12.4. The van der Waals surface area contributed by atoms with Crippen LogP contribution in [0, 0.1) is 10.5 Å². The Balaban J connectivity index is 2.25. The van der Waals surface area contributed by atoms with Gasteiger partial charge in [0.15, 0.2) is 0 Å². The lowest BCUT2D eigenvalue weighted by Gasteiger charge is -2.15. The van der Waals surface area contributed by atoms with E-state index in [0.717, 1.165) is 14.7 Å². The molecule has 0 aliphatic carbocycles. The molecule has 3 nitrogen and oxygen atoms in total. The number of rotatable bonds is 4. The summed E-state index contributed by atoms with van der Waals surface area (Å²) in [5.74, 6) is 0. The molecule has 0 aliphatic rings. The van der Waals surface area contributed by atoms with E-state index in [9.17, 15) is 8.42 Å². The highest BCUT2D eigenvalue weighted by Crippen LogP contribution is 2.20. The third-order valence-electron chi connectivity index (χ3n) is 3.07. The molecular formula is C15H16INO2S. The first kappa shape index (κ1) is 15.5. The van der Waals surface area contributed by atoms with E-state index < -0.39 is 10.0 Å². The molecule has 0 aromatic heterocycles. The van der Waals surface area contributed by atoms with Crippen molar-refractivity contribution in [2.24, 2.45) is 0 Å². The smallest absolute Gasteiger partial charge is 0.207 e.